The number of benzene rings is 1. The molecule has 1 atom stereocenters. The van der Waals surface area contributed by atoms with Gasteiger partial charge in [-0.1, -0.05) is 15.9 Å². The lowest BCUT2D eigenvalue weighted by Crippen LogP contribution is -2.50. The first-order valence-electron chi connectivity index (χ1n) is 6.06. The highest BCUT2D eigenvalue weighted by atomic mass is 79.9. The quantitative estimate of drug-likeness (QED) is 0.819. The number of carboxylic acid groups (broad SMARTS) is 1. The maximum Gasteiger partial charge on any atom is 0.327 e. The molecule has 2 rings (SSSR count). The summed E-state index contributed by atoms with van der Waals surface area (Å²) in [4.78, 5) is 25.8. The number of rotatable bonds is 4. The largest absolute Gasteiger partial charge is 0.480 e. The summed E-state index contributed by atoms with van der Waals surface area (Å²) in [7, 11) is 0. The second kappa shape index (κ2) is 7.38. The third-order valence-electron chi connectivity index (χ3n) is 2.91. The lowest BCUT2D eigenvalue weighted by molar-refractivity contribution is -0.148. The van der Waals surface area contributed by atoms with Crippen molar-refractivity contribution in [3.63, 3.8) is 0 Å². The van der Waals surface area contributed by atoms with Gasteiger partial charge in [0.25, 0.3) is 0 Å². The second-order valence-electron chi connectivity index (χ2n) is 4.26. The Bertz CT molecular complexity index is 495. The Morgan fingerprint density at radius 2 is 2.10 bits per heavy atom. The van der Waals surface area contributed by atoms with Crippen molar-refractivity contribution < 1.29 is 14.7 Å². The minimum atomic E-state index is -0.917. The van der Waals surface area contributed by atoms with Gasteiger partial charge in [-0.05, 0) is 24.3 Å². The molecule has 1 aliphatic rings. The number of carbonyl (C=O) groups excluding carboxylic acids is 1. The topological polar surface area (TPSA) is 57.6 Å². The fraction of sp³-hybridized carbons (Fsp3) is 0.385. The van der Waals surface area contributed by atoms with Crippen molar-refractivity contribution >= 4 is 51.3 Å². The number of hydrogen-bond donors (Lipinski definition) is 1. The van der Waals surface area contributed by atoms with Gasteiger partial charge in [0.1, 0.15) is 6.04 Å². The molecule has 20 heavy (non-hydrogen) atoms. The average Bonchev–Trinajstić information content (AvgIpc) is 2.46. The molecular formula is C13H14BrNO3S2. The number of carbonyl (C=O) groups is 2. The number of carboxylic acids is 1. The Morgan fingerprint density at radius 3 is 2.75 bits per heavy atom. The lowest BCUT2D eigenvalue weighted by atomic mass is 10.2. The molecule has 0 radical (unpaired) electrons. The van der Waals surface area contributed by atoms with Crippen LogP contribution in [0.15, 0.2) is 33.6 Å². The van der Waals surface area contributed by atoms with E-state index in [2.05, 4.69) is 15.9 Å². The molecule has 108 valence electrons. The van der Waals surface area contributed by atoms with Crippen LogP contribution in [0.4, 0.5) is 0 Å². The fourth-order valence-corrected chi connectivity index (χ4v) is 3.95. The summed E-state index contributed by atoms with van der Waals surface area (Å²) in [6.45, 7) is 0.515. The van der Waals surface area contributed by atoms with E-state index in [0.717, 1.165) is 15.1 Å². The molecule has 0 aliphatic carbocycles. The summed E-state index contributed by atoms with van der Waals surface area (Å²) in [5.41, 5.74) is 0. The van der Waals surface area contributed by atoms with Crippen LogP contribution in [-0.2, 0) is 9.59 Å². The summed E-state index contributed by atoms with van der Waals surface area (Å²) < 4.78 is 0.993. The number of halogens is 1. The van der Waals surface area contributed by atoms with Crippen molar-refractivity contribution in [2.75, 3.05) is 23.8 Å². The van der Waals surface area contributed by atoms with Gasteiger partial charge in [0, 0.05) is 27.4 Å². The maximum atomic E-state index is 12.2. The number of hydrogen-bond acceptors (Lipinski definition) is 4. The van der Waals surface area contributed by atoms with Crippen molar-refractivity contribution in [2.45, 2.75) is 10.9 Å². The highest BCUT2D eigenvalue weighted by Gasteiger charge is 2.31. The average molecular weight is 376 g/mol. The molecule has 0 spiro atoms. The molecule has 0 aromatic heterocycles. The molecule has 0 saturated carbocycles. The van der Waals surface area contributed by atoms with Gasteiger partial charge in [-0.3, -0.25) is 4.79 Å². The number of thioether (sulfide) groups is 2. The summed E-state index contributed by atoms with van der Waals surface area (Å²) in [5.74, 6) is 0.531. The van der Waals surface area contributed by atoms with E-state index in [1.807, 2.05) is 24.3 Å². The Hall–Kier alpha value is -0.660. The van der Waals surface area contributed by atoms with Crippen LogP contribution in [0.2, 0.25) is 0 Å². The van der Waals surface area contributed by atoms with E-state index in [4.69, 9.17) is 5.11 Å². The van der Waals surface area contributed by atoms with E-state index >= 15 is 0 Å². The Balaban J connectivity index is 1.93. The molecular weight excluding hydrogens is 362 g/mol. The molecule has 1 heterocycles. The Kier molecular flexibility index (Phi) is 5.80. The molecule has 1 fully saturated rings. The van der Waals surface area contributed by atoms with Gasteiger partial charge in [-0.15, -0.1) is 11.8 Å². The molecule has 1 amide bonds. The summed E-state index contributed by atoms with van der Waals surface area (Å²) >= 11 is 6.37. The van der Waals surface area contributed by atoms with Crippen molar-refractivity contribution in [1.29, 1.82) is 0 Å². The van der Waals surface area contributed by atoms with Gasteiger partial charge in [0.05, 0.1) is 5.75 Å². The molecule has 4 nitrogen and oxygen atoms in total. The first-order valence-corrected chi connectivity index (χ1v) is 8.99. The van der Waals surface area contributed by atoms with Crippen molar-refractivity contribution in [3.05, 3.63) is 28.7 Å². The van der Waals surface area contributed by atoms with Gasteiger partial charge in [0.15, 0.2) is 0 Å². The second-order valence-corrected chi connectivity index (χ2v) is 7.37. The van der Waals surface area contributed by atoms with Crippen LogP contribution in [0.25, 0.3) is 0 Å². The van der Waals surface area contributed by atoms with Gasteiger partial charge in [0.2, 0.25) is 5.91 Å². The van der Waals surface area contributed by atoms with Gasteiger partial charge < -0.3 is 10.0 Å². The molecule has 1 aromatic rings. The van der Waals surface area contributed by atoms with E-state index in [1.54, 1.807) is 11.8 Å². The van der Waals surface area contributed by atoms with Gasteiger partial charge in [-0.25, -0.2) is 4.79 Å². The van der Waals surface area contributed by atoms with Crippen LogP contribution in [0.1, 0.15) is 0 Å². The number of aliphatic carboxylic acids is 1. The first-order chi connectivity index (χ1) is 9.58. The zero-order chi connectivity index (χ0) is 14.5. The summed E-state index contributed by atoms with van der Waals surface area (Å²) in [5, 5.41) is 9.15. The van der Waals surface area contributed by atoms with Crippen molar-refractivity contribution in [1.82, 2.24) is 4.90 Å². The maximum absolute atomic E-state index is 12.2. The molecule has 1 aliphatic heterocycles. The summed E-state index contributed by atoms with van der Waals surface area (Å²) in [6, 6.07) is 7.02. The predicted molar refractivity (Wildman–Crippen MR) is 85.3 cm³/mol. The zero-order valence-corrected chi connectivity index (χ0v) is 13.8. The Morgan fingerprint density at radius 1 is 1.40 bits per heavy atom. The molecule has 7 heteroatoms. The highest BCUT2D eigenvalue weighted by molar-refractivity contribution is 9.10. The van der Waals surface area contributed by atoms with E-state index in [0.29, 0.717) is 12.3 Å². The van der Waals surface area contributed by atoms with Gasteiger partial charge >= 0.3 is 5.97 Å². The van der Waals surface area contributed by atoms with E-state index < -0.39 is 12.0 Å². The van der Waals surface area contributed by atoms with E-state index in [1.165, 1.54) is 16.7 Å². The van der Waals surface area contributed by atoms with Crippen LogP contribution in [0, 0.1) is 0 Å². The number of amides is 1. The lowest BCUT2D eigenvalue weighted by Gasteiger charge is -2.32. The van der Waals surface area contributed by atoms with Crippen LogP contribution < -0.4 is 0 Å². The molecule has 1 saturated heterocycles. The minimum Gasteiger partial charge on any atom is -0.480 e. The smallest absolute Gasteiger partial charge is 0.327 e. The van der Waals surface area contributed by atoms with E-state index in [9.17, 15) is 9.59 Å². The first kappa shape index (κ1) is 15.7. The number of nitrogens with zero attached hydrogens (tertiary/aromatic N) is 1. The molecule has 1 aromatic carbocycles. The predicted octanol–water partition coefficient (Wildman–Crippen LogP) is 2.57. The fourth-order valence-electron chi connectivity index (χ4n) is 1.87. The standard InChI is InChI=1S/C13H14BrNO3S2/c14-9-1-3-10(4-2-9)20-8-12(16)15-5-6-19-7-11(15)13(17)18/h1-4,11H,5-8H2,(H,17,18). The highest BCUT2D eigenvalue weighted by Crippen LogP contribution is 2.23. The monoisotopic (exact) mass is 375 g/mol. The van der Waals surface area contributed by atoms with E-state index in [-0.39, 0.29) is 11.7 Å². The molecule has 0 bridgehead atoms. The SMILES string of the molecule is O=C(O)C1CSCCN1C(=O)CSc1ccc(Br)cc1. The third-order valence-corrected chi connectivity index (χ3v) is 5.46. The van der Waals surface area contributed by atoms with Crippen LogP contribution >= 0.6 is 39.5 Å². The molecule has 1 unspecified atom stereocenters. The zero-order valence-electron chi connectivity index (χ0n) is 10.6. The van der Waals surface area contributed by atoms with Crippen molar-refractivity contribution in [3.8, 4) is 0 Å². The van der Waals surface area contributed by atoms with Crippen molar-refractivity contribution in [2.24, 2.45) is 0 Å². The third kappa shape index (κ3) is 4.17. The minimum absolute atomic E-state index is 0.106. The summed E-state index contributed by atoms with van der Waals surface area (Å²) in [6.07, 6.45) is 0. The van der Waals surface area contributed by atoms with Gasteiger partial charge in [-0.2, -0.15) is 11.8 Å². The van der Waals surface area contributed by atoms with Crippen LogP contribution in [-0.4, -0.2) is 51.7 Å². The normalized spacial score (nSPS) is 18.9. The Labute approximate surface area is 134 Å². The van der Waals surface area contributed by atoms with Crippen LogP contribution in [0.3, 0.4) is 0 Å². The van der Waals surface area contributed by atoms with Crippen LogP contribution in [0.5, 0.6) is 0 Å². The molecule has 1 N–H and O–H groups in total.